The lowest BCUT2D eigenvalue weighted by Crippen LogP contribution is -1.90. The van der Waals surface area contributed by atoms with Gasteiger partial charge in [0.25, 0.3) is 0 Å². The highest BCUT2D eigenvalue weighted by molar-refractivity contribution is 7.58. The Labute approximate surface area is 79.7 Å². The van der Waals surface area contributed by atoms with E-state index in [1.807, 2.05) is 13.0 Å². The summed E-state index contributed by atoms with van der Waals surface area (Å²) in [5, 5.41) is 0.819. The highest BCUT2D eigenvalue weighted by Crippen LogP contribution is 2.60. The summed E-state index contributed by atoms with van der Waals surface area (Å²) in [7, 11) is -2.87. The predicted octanol–water partition coefficient (Wildman–Crippen LogP) is 3.18. The van der Waals surface area contributed by atoms with Gasteiger partial charge >= 0.3 is 7.60 Å². The molecule has 0 aromatic carbocycles. The summed E-state index contributed by atoms with van der Waals surface area (Å²) in [6.07, 6.45) is 2.71. The minimum absolute atomic E-state index is 0.383. The van der Waals surface area contributed by atoms with Crippen LogP contribution in [0.2, 0.25) is 0 Å². The van der Waals surface area contributed by atoms with Gasteiger partial charge in [-0.25, -0.2) is 0 Å². The van der Waals surface area contributed by atoms with E-state index in [4.69, 9.17) is 9.05 Å². The molecular weight excluding hydrogens is 187 g/mol. The van der Waals surface area contributed by atoms with Gasteiger partial charge in [-0.1, -0.05) is 26.8 Å². The van der Waals surface area contributed by atoms with E-state index < -0.39 is 7.60 Å². The van der Waals surface area contributed by atoms with Crippen LogP contribution in [0.4, 0.5) is 0 Å². The minimum Gasteiger partial charge on any atom is -0.303 e. The van der Waals surface area contributed by atoms with E-state index in [1.165, 1.54) is 0 Å². The predicted molar refractivity (Wildman–Crippen MR) is 52.7 cm³/mol. The van der Waals surface area contributed by atoms with Gasteiger partial charge in [-0.15, -0.1) is 0 Å². The van der Waals surface area contributed by atoms with Gasteiger partial charge in [0.05, 0.1) is 13.2 Å². The summed E-state index contributed by atoms with van der Waals surface area (Å²) in [6.45, 7) is 6.98. The zero-order chi connectivity index (χ0) is 9.90. The quantitative estimate of drug-likeness (QED) is 0.662. The Kier molecular flexibility index (Phi) is 3.72. The van der Waals surface area contributed by atoms with Crippen molar-refractivity contribution in [2.75, 3.05) is 13.2 Å². The molecule has 0 atom stereocenters. The molecule has 0 spiro atoms. The highest BCUT2D eigenvalue weighted by atomic mass is 31.2. The number of allylic oxidation sites excluding steroid dienone is 2. The molecule has 1 aliphatic rings. The van der Waals surface area contributed by atoms with Gasteiger partial charge in [-0.2, -0.15) is 0 Å². The minimum atomic E-state index is -2.87. The van der Waals surface area contributed by atoms with Crippen LogP contribution in [-0.2, 0) is 13.6 Å². The first-order chi connectivity index (χ1) is 6.08. The van der Waals surface area contributed by atoms with Crippen LogP contribution in [0.3, 0.4) is 0 Å². The summed E-state index contributed by atoms with van der Waals surface area (Å²) < 4.78 is 22.3. The second-order valence-corrected chi connectivity index (χ2v) is 5.51. The third-order valence-electron chi connectivity index (χ3n) is 1.85. The Hall–Kier alpha value is -0.110. The number of hydrogen-bond donors (Lipinski definition) is 0. The van der Waals surface area contributed by atoms with E-state index >= 15 is 0 Å². The van der Waals surface area contributed by atoms with E-state index in [-0.39, 0.29) is 0 Å². The van der Waals surface area contributed by atoms with Gasteiger partial charge in [0.15, 0.2) is 0 Å². The van der Waals surface area contributed by atoms with Gasteiger partial charge in [-0.3, -0.25) is 4.57 Å². The maximum Gasteiger partial charge on any atom is 0.357 e. The maximum atomic E-state index is 12.0. The first-order valence-corrected chi connectivity index (χ1v) is 6.23. The standard InChI is InChI=1S/C9H17O3P/c1-4-9(7-8(2)3)13(10)11-5-6-12-13/h7-8H,4-6H2,1-3H3/b9-7+. The van der Waals surface area contributed by atoms with Crippen molar-refractivity contribution in [1.82, 2.24) is 0 Å². The lowest BCUT2D eigenvalue weighted by molar-refractivity contribution is 0.359. The molecule has 0 aromatic heterocycles. The van der Waals surface area contributed by atoms with Crippen molar-refractivity contribution in [2.45, 2.75) is 27.2 Å². The van der Waals surface area contributed by atoms with E-state index in [1.54, 1.807) is 0 Å². The first-order valence-electron chi connectivity index (χ1n) is 4.69. The summed E-state index contributed by atoms with van der Waals surface area (Å²) in [4.78, 5) is 0. The molecule has 0 aliphatic carbocycles. The van der Waals surface area contributed by atoms with Crippen LogP contribution in [0.5, 0.6) is 0 Å². The lowest BCUT2D eigenvalue weighted by Gasteiger charge is -2.13. The Morgan fingerprint density at radius 1 is 1.46 bits per heavy atom. The van der Waals surface area contributed by atoms with Crippen LogP contribution in [-0.4, -0.2) is 13.2 Å². The molecule has 1 aliphatic heterocycles. The average Bonchev–Trinajstić information content (AvgIpc) is 2.48. The Balaban J connectivity index is 2.82. The van der Waals surface area contributed by atoms with Crippen LogP contribution in [0.15, 0.2) is 11.4 Å². The molecule has 0 unspecified atom stereocenters. The van der Waals surface area contributed by atoms with Crippen molar-refractivity contribution in [3.8, 4) is 0 Å². The van der Waals surface area contributed by atoms with Crippen LogP contribution in [0.1, 0.15) is 27.2 Å². The molecule has 1 saturated heterocycles. The van der Waals surface area contributed by atoms with Gasteiger partial charge in [0.2, 0.25) is 0 Å². The third kappa shape index (κ3) is 2.67. The summed E-state index contributed by atoms with van der Waals surface area (Å²) in [5.41, 5.74) is 0. The normalized spacial score (nSPS) is 22.6. The van der Waals surface area contributed by atoms with Gasteiger partial charge in [-0.05, 0) is 12.3 Å². The molecule has 13 heavy (non-hydrogen) atoms. The van der Waals surface area contributed by atoms with E-state index in [0.717, 1.165) is 11.7 Å². The topological polar surface area (TPSA) is 35.5 Å². The molecule has 1 heterocycles. The van der Waals surface area contributed by atoms with Gasteiger partial charge in [0.1, 0.15) is 0 Å². The molecule has 0 aromatic rings. The third-order valence-corrected chi connectivity index (χ3v) is 4.06. The molecule has 0 bridgehead atoms. The highest BCUT2D eigenvalue weighted by Gasteiger charge is 2.33. The SMILES string of the molecule is CC/C(=C\C(C)C)P1(=O)OCCO1. The Bertz CT molecular complexity index is 235. The molecule has 0 N–H and O–H groups in total. The van der Waals surface area contributed by atoms with Crippen molar-refractivity contribution >= 4 is 7.60 Å². The van der Waals surface area contributed by atoms with Gasteiger partial charge < -0.3 is 9.05 Å². The second kappa shape index (κ2) is 4.41. The molecule has 1 rings (SSSR count). The number of hydrogen-bond acceptors (Lipinski definition) is 3. The second-order valence-electron chi connectivity index (χ2n) is 3.42. The fourth-order valence-corrected chi connectivity index (χ4v) is 3.21. The van der Waals surface area contributed by atoms with Crippen LogP contribution < -0.4 is 0 Å². The summed E-state index contributed by atoms with van der Waals surface area (Å²) in [6, 6.07) is 0. The zero-order valence-electron chi connectivity index (χ0n) is 8.45. The van der Waals surface area contributed by atoms with Crippen molar-refractivity contribution in [3.05, 3.63) is 11.4 Å². The fraction of sp³-hybridized carbons (Fsp3) is 0.778. The summed E-state index contributed by atoms with van der Waals surface area (Å²) >= 11 is 0. The lowest BCUT2D eigenvalue weighted by atomic mass is 10.2. The zero-order valence-corrected chi connectivity index (χ0v) is 9.34. The molecule has 0 amide bonds. The first kappa shape index (κ1) is 11.0. The molecule has 0 radical (unpaired) electrons. The fourth-order valence-electron chi connectivity index (χ4n) is 1.31. The van der Waals surface area contributed by atoms with Crippen molar-refractivity contribution in [2.24, 2.45) is 5.92 Å². The van der Waals surface area contributed by atoms with Crippen molar-refractivity contribution in [3.63, 3.8) is 0 Å². The maximum absolute atomic E-state index is 12.0. The molecule has 0 saturated carbocycles. The van der Waals surface area contributed by atoms with Crippen LogP contribution in [0.25, 0.3) is 0 Å². The van der Waals surface area contributed by atoms with Gasteiger partial charge in [0, 0.05) is 5.31 Å². The Morgan fingerprint density at radius 3 is 2.38 bits per heavy atom. The van der Waals surface area contributed by atoms with Crippen molar-refractivity contribution < 1.29 is 13.6 Å². The largest absolute Gasteiger partial charge is 0.357 e. The molecule has 76 valence electrons. The Morgan fingerprint density at radius 2 is 2.00 bits per heavy atom. The van der Waals surface area contributed by atoms with Crippen molar-refractivity contribution in [1.29, 1.82) is 0 Å². The molecular formula is C9H17O3P. The molecule has 3 nitrogen and oxygen atoms in total. The average molecular weight is 204 g/mol. The summed E-state index contributed by atoms with van der Waals surface area (Å²) in [5.74, 6) is 0.383. The van der Waals surface area contributed by atoms with Crippen LogP contribution in [0, 0.1) is 5.92 Å². The van der Waals surface area contributed by atoms with E-state index in [9.17, 15) is 4.57 Å². The monoisotopic (exact) mass is 204 g/mol. The van der Waals surface area contributed by atoms with E-state index in [2.05, 4.69) is 13.8 Å². The van der Waals surface area contributed by atoms with E-state index in [0.29, 0.717) is 19.1 Å². The molecule has 4 heteroatoms. The van der Waals surface area contributed by atoms with Crippen LogP contribution >= 0.6 is 7.60 Å². The number of rotatable bonds is 3. The molecule has 1 fully saturated rings. The smallest absolute Gasteiger partial charge is 0.303 e.